The van der Waals surface area contributed by atoms with Crippen molar-refractivity contribution >= 4 is 16.7 Å². The van der Waals surface area contributed by atoms with Crippen molar-refractivity contribution in [3.63, 3.8) is 0 Å². The number of hydrogen-bond acceptors (Lipinski definition) is 4. The van der Waals surface area contributed by atoms with Crippen molar-refractivity contribution in [2.24, 2.45) is 0 Å². The molecule has 4 nitrogen and oxygen atoms in total. The van der Waals surface area contributed by atoms with Crippen LogP contribution in [0.4, 0.5) is 4.39 Å². The van der Waals surface area contributed by atoms with Crippen molar-refractivity contribution in [2.75, 3.05) is 20.7 Å². The van der Waals surface area contributed by atoms with Crippen LogP contribution in [0, 0.1) is 12.7 Å². The first kappa shape index (κ1) is 24.0. The average Bonchev–Trinajstić information content (AvgIpc) is 2.90. The van der Waals surface area contributed by atoms with Crippen LogP contribution in [0.1, 0.15) is 45.0 Å². The molecule has 0 saturated heterocycles. The molecule has 0 fully saturated rings. The smallest absolute Gasteiger partial charge is 0.338 e. The maximum atomic E-state index is 14.3. The van der Waals surface area contributed by atoms with Gasteiger partial charge in [0.05, 0.1) is 12.7 Å². The van der Waals surface area contributed by atoms with Crippen molar-refractivity contribution in [3.8, 4) is 5.75 Å². The van der Waals surface area contributed by atoms with Gasteiger partial charge in [-0.25, -0.2) is 9.18 Å². The van der Waals surface area contributed by atoms with Crippen LogP contribution in [0.3, 0.4) is 0 Å². The first-order chi connectivity index (χ1) is 17.4. The third-order valence-electron chi connectivity index (χ3n) is 7.07. The SMILES string of the molecule is COC(=O)c1cc(C2CC(CN(C)Cc3ccc(F)c4ccccc34)Oc3ccccc32)ccc1C. The molecule has 0 radical (unpaired) electrons. The third-order valence-corrected chi connectivity index (χ3v) is 7.07. The number of nitrogens with zero attached hydrogens (tertiary/aromatic N) is 1. The fourth-order valence-electron chi connectivity index (χ4n) is 5.27. The molecule has 4 aromatic rings. The zero-order chi connectivity index (χ0) is 25.2. The number of ether oxygens (including phenoxy) is 2. The number of carbonyl (C=O) groups excluding carboxylic acids is 1. The first-order valence-electron chi connectivity index (χ1n) is 12.2. The maximum Gasteiger partial charge on any atom is 0.338 e. The predicted molar refractivity (Wildman–Crippen MR) is 140 cm³/mol. The lowest BCUT2D eigenvalue weighted by Gasteiger charge is -2.35. The zero-order valence-corrected chi connectivity index (χ0v) is 20.8. The van der Waals surface area contributed by atoms with Crippen LogP contribution in [0.2, 0.25) is 0 Å². The van der Waals surface area contributed by atoms with Crippen LogP contribution < -0.4 is 4.74 Å². The Morgan fingerprint density at radius 1 is 1.03 bits per heavy atom. The largest absolute Gasteiger partial charge is 0.489 e. The molecular weight excluding hydrogens is 453 g/mol. The third kappa shape index (κ3) is 4.71. The Bertz CT molecular complexity index is 1420. The second kappa shape index (κ2) is 10.1. The van der Waals surface area contributed by atoms with E-state index in [1.807, 2.05) is 67.6 Å². The minimum atomic E-state index is -0.322. The normalized spacial score (nSPS) is 17.0. The van der Waals surface area contributed by atoms with Gasteiger partial charge in [0.25, 0.3) is 0 Å². The molecule has 184 valence electrons. The topological polar surface area (TPSA) is 38.8 Å². The van der Waals surface area contributed by atoms with E-state index in [-0.39, 0.29) is 23.8 Å². The van der Waals surface area contributed by atoms with E-state index < -0.39 is 0 Å². The van der Waals surface area contributed by atoms with Gasteiger partial charge in [0.1, 0.15) is 17.7 Å². The Labute approximate surface area is 211 Å². The fraction of sp³-hybridized carbons (Fsp3) is 0.258. The number of carbonyl (C=O) groups is 1. The molecule has 2 unspecified atom stereocenters. The van der Waals surface area contributed by atoms with E-state index in [0.29, 0.717) is 24.0 Å². The number of hydrogen-bond donors (Lipinski definition) is 0. The molecule has 0 saturated carbocycles. The fourth-order valence-corrected chi connectivity index (χ4v) is 5.27. The van der Waals surface area contributed by atoms with Crippen LogP contribution >= 0.6 is 0 Å². The van der Waals surface area contributed by atoms with Crippen molar-refractivity contribution in [1.29, 1.82) is 0 Å². The minimum Gasteiger partial charge on any atom is -0.489 e. The second-order valence-corrected chi connectivity index (χ2v) is 9.58. The number of methoxy groups -OCH3 is 1. The van der Waals surface area contributed by atoms with E-state index >= 15 is 0 Å². The summed E-state index contributed by atoms with van der Waals surface area (Å²) in [6.07, 6.45) is 0.749. The van der Waals surface area contributed by atoms with Gasteiger partial charge in [0.15, 0.2) is 0 Å². The van der Waals surface area contributed by atoms with E-state index in [1.54, 1.807) is 6.07 Å². The Balaban J connectivity index is 1.40. The molecule has 0 N–H and O–H groups in total. The summed E-state index contributed by atoms with van der Waals surface area (Å²) in [6.45, 7) is 3.32. The van der Waals surface area contributed by atoms with Gasteiger partial charge >= 0.3 is 5.97 Å². The lowest BCUT2D eigenvalue weighted by Crippen LogP contribution is -2.36. The number of fused-ring (bicyclic) bond motifs is 2. The average molecular weight is 484 g/mol. The van der Waals surface area contributed by atoms with E-state index in [9.17, 15) is 9.18 Å². The number of para-hydroxylation sites is 1. The zero-order valence-electron chi connectivity index (χ0n) is 20.8. The van der Waals surface area contributed by atoms with Gasteiger partial charge in [-0.2, -0.15) is 0 Å². The Morgan fingerprint density at radius 3 is 2.58 bits per heavy atom. The molecule has 0 aromatic heterocycles. The van der Waals surface area contributed by atoms with Gasteiger partial charge in [0.2, 0.25) is 0 Å². The Morgan fingerprint density at radius 2 is 1.78 bits per heavy atom. The highest BCUT2D eigenvalue weighted by Crippen LogP contribution is 2.41. The summed E-state index contributed by atoms with van der Waals surface area (Å²) < 4.78 is 25.7. The molecule has 1 aliphatic rings. The predicted octanol–water partition coefficient (Wildman–Crippen LogP) is 6.49. The molecule has 2 atom stereocenters. The van der Waals surface area contributed by atoms with Gasteiger partial charge in [-0.3, -0.25) is 4.90 Å². The second-order valence-electron chi connectivity index (χ2n) is 9.58. The number of benzene rings is 4. The van der Waals surface area contributed by atoms with Crippen molar-refractivity contribution < 1.29 is 18.7 Å². The summed E-state index contributed by atoms with van der Waals surface area (Å²) in [5, 5.41) is 1.58. The van der Waals surface area contributed by atoms with Crippen LogP contribution in [0.25, 0.3) is 10.8 Å². The van der Waals surface area contributed by atoms with Crippen molar-refractivity contribution in [1.82, 2.24) is 4.90 Å². The molecule has 0 spiro atoms. The molecule has 36 heavy (non-hydrogen) atoms. The number of halogens is 1. The minimum absolute atomic E-state index is 0.0375. The molecule has 0 aliphatic carbocycles. The van der Waals surface area contributed by atoms with Gasteiger partial charge in [-0.05, 0) is 60.7 Å². The van der Waals surface area contributed by atoms with Gasteiger partial charge < -0.3 is 9.47 Å². The molecule has 4 aromatic carbocycles. The van der Waals surface area contributed by atoms with Crippen molar-refractivity contribution in [2.45, 2.75) is 31.9 Å². The maximum absolute atomic E-state index is 14.3. The highest BCUT2D eigenvalue weighted by Gasteiger charge is 2.30. The van der Waals surface area contributed by atoms with E-state index in [1.165, 1.54) is 7.11 Å². The summed E-state index contributed by atoms with van der Waals surface area (Å²) in [5.74, 6) is 0.456. The summed E-state index contributed by atoms with van der Waals surface area (Å²) in [7, 11) is 3.48. The van der Waals surface area contributed by atoms with Gasteiger partial charge in [-0.15, -0.1) is 0 Å². The van der Waals surface area contributed by atoms with Crippen molar-refractivity contribution in [3.05, 3.63) is 112 Å². The molecule has 5 rings (SSSR count). The lowest BCUT2D eigenvalue weighted by atomic mass is 9.83. The molecule has 1 heterocycles. The summed E-state index contributed by atoms with van der Waals surface area (Å²) >= 11 is 0. The van der Waals surface area contributed by atoms with Crippen LogP contribution in [0.5, 0.6) is 5.75 Å². The highest BCUT2D eigenvalue weighted by molar-refractivity contribution is 5.91. The molecule has 5 heteroatoms. The molecular formula is C31H30FNO3. The Hall–Kier alpha value is -3.70. The van der Waals surface area contributed by atoms with Gasteiger partial charge in [-0.1, -0.05) is 60.7 Å². The number of rotatable bonds is 6. The van der Waals surface area contributed by atoms with E-state index in [4.69, 9.17) is 9.47 Å². The number of likely N-dealkylation sites (N-methyl/N-ethyl adjacent to an activating group) is 1. The number of aryl methyl sites for hydroxylation is 1. The molecule has 1 aliphatic heterocycles. The standard InChI is InChI=1S/C31H30FNO3/c1-20-12-13-21(16-27(20)31(34)35-3)28-17-23(36-30-11-7-6-10-26(28)30)19-33(2)18-22-14-15-29(32)25-9-5-4-8-24(22)25/h4-16,23,28H,17-19H2,1-3H3. The van der Waals surface area contributed by atoms with Gasteiger partial charge in [0, 0.05) is 30.0 Å². The van der Waals surface area contributed by atoms with E-state index in [2.05, 4.69) is 24.1 Å². The first-order valence-corrected chi connectivity index (χ1v) is 12.2. The Kier molecular flexibility index (Phi) is 6.75. The summed E-state index contributed by atoms with van der Waals surface area (Å²) in [6, 6.07) is 25.2. The lowest BCUT2D eigenvalue weighted by molar-refractivity contribution is 0.0599. The van der Waals surface area contributed by atoms with Crippen LogP contribution in [-0.2, 0) is 11.3 Å². The molecule has 0 amide bonds. The summed E-state index contributed by atoms with van der Waals surface area (Å²) in [4.78, 5) is 14.6. The van der Waals surface area contributed by atoms with Crippen LogP contribution in [-0.4, -0.2) is 37.7 Å². The van der Waals surface area contributed by atoms with E-state index in [0.717, 1.165) is 39.8 Å². The quantitative estimate of drug-likeness (QED) is 0.294. The number of esters is 1. The molecule has 0 bridgehead atoms. The monoisotopic (exact) mass is 483 g/mol. The summed E-state index contributed by atoms with van der Waals surface area (Å²) in [5.41, 5.74) is 4.78. The van der Waals surface area contributed by atoms with Crippen LogP contribution in [0.15, 0.2) is 78.9 Å². The highest BCUT2D eigenvalue weighted by atomic mass is 19.1.